The maximum Gasteiger partial charge on any atom is 0.224 e. The van der Waals surface area contributed by atoms with E-state index < -0.39 is 0 Å². The molecule has 0 bridgehead atoms. The van der Waals surface area contributed by atoms with E-state index in [4.69, 9.17) is 10.7 Å². The third-order valence-corrected chi connectivity index (χ3v) is 6.40. The van der Waals surface area contributed by atoms with Gasteiger partial charge in [-0.3, -0.25) is 0 Å². The summed E-state index contributed by atoms with van der Waals surface area (Å²) < 4.78 is 2.07. The molecule has 0 radical (unpaired) electrons. The normalized spacial score (nSPS) is 12.0. The molecule has 3 N–H and O–H groups in total. The van der Waals surface area contributed by atoms with Crippen LogP contribution in [0.1, 0.15) is 18.1 Å². The molecule has 0 aliphatic carbocycles. The van der Waals surface area contributed by atoms with Crippen LogP contribution in [0.3, 0.4) is 0 Å². The van der Waals surface area contributed by atoms with Crippen molar-refractivity contribution in [2.75, 3.05) is 17.3 Å². The lowest BCUT2D eigenvalue weighted by molar-refractivity contribution is 0.775. The van der Waals surface area contributed by atoms with E-state index in [2.05, 4.69) is 92.3 Å². The molecule has 5 aromatic rings. The first-order chi connectivity index (χ1) is 17.5. The van der Waals surface area contributed by atoms with Gasteiger partial charge in [-0.05, 0) is 48.2 Å². The topological polar surface area (TPSA) is 84.9 Å². The van der Waals surface area contributed by atoms with Crippen LogP contribution in [0.2, 0.25) is 0 Å². The second-order valence-electron chi connectivity index (χ2n) is 9.15. The summed E-state index contributed by atoms with van der Waals surface area (Å²) in [7, 11) is 4.05. The van der Waals surface area contributed by atoms with E-state index in [1.165, 1.54) is 5.56 Å². The van der Waals surface area contributed by atoms with Crippen molar-refractivity contribution in [3.8, 4) is 11.1 Å². The fraction of sp³-hybridized carbons (Fsp3) is 0.207. The van der Waals surface area contributed by atoms with Gasteiger partial charge >= 0.3 is 0 Å². The average molecular weight is 478 g/mol. The monoisotopic (exact) mass is 477 g/mol. The Kier molecular flexibility index (Phi) is 6.64. The molecule has 0 spiro atoms. The minimum atomic E-state index is 0.160. The summed E-state index contributed by atoms with van der Waals surface area (Å²) in [6.07, 6.45) is 4.51. The predicted octanol–water partition coefficient (Wildman–Crippen LogP) is 5.30. The zero-order chi connectivity index (χ0) is 25.1. The van der Waals surface area contributed by atoms with Gasteiger partial charge in [0.2, 0.25) is 5.95 Å². The third kappa shape index (κ3) is 4.92. The van der Waals surface area contributed by atoms with Crippen LogP contribution in [0, 0.1) is 0 Å². The van der Waals surface area contributed by atoms with Crippen LogP contribution in [0.15, 0.2) is 85.3 Å². The number of aryl methyl sites for hydroxylation is 1. The molecular weight excluding hydrogens is 446 g/mol. The molecule has 0 saturated carbocycles. The molecule has 0 saturated heterocycles. The molecular formula is C29H31N7. The molecule has 182 valence electrons. The molecule has 2 aromatic heterocycles. The van der Waals surface area contributed by atoms with Crippen molar-refractivity contribution in [1.82, 2.24) is 19.5 Å². The van der Waals surface area contributed by atoms with Crippen LogP contribution >= 0.6 is 0 Å². The van der Waals surface area contributed by atoms with E-state index in [-0.39, 0.29) is 6.04 Å². The highest BCUT2D eigenvalue weighted by atomic mass is 15.2. The standard InChI is InChI=1S/C29H31N7/c1-20(14-21-8-7-9-22(15-21)18-30)33-29-31-13-12-27(34-29)36(3)24-16-25(23-10-5-4-6-11-23)28-26(17-24)32-19-35(28)2/h4-13,15-17,19-20H,14,18,30H2,1-3H3,(H,31,33,34). The van der Waals surface area contributed by atoms with Crippen molar-refractivity contribution in [2.24, 2.45) is 12.8 Å². The molecule has 36 heavy (non-hydrogen) atoms. The van der Waals surface area contributed by atoms with Crippen LogP contribution in [0.25, 0.3) is 22.2 Å². The zero-order valence-electron chi connectivity index (χ0n) is 20.9. The largest absolute Gasteiger partial charge is 0.351 e. The van der Waals surface area contributed by atoms with Crippen molar-refractivity contribution in [3.63, 3.8) is 0 Å². The highest BCUT2D eigenvalue weighted by Gasteiger charge is 2.15. The summed E-state index contributed by atoms with van der Waals surface area (Å²) in [5.41, 5.74) is 13.5. The highest BCUT2D eigenvalue weighted by Crippen LogP contribution is 2.34. The zero-order valence-corrected chi connectivity index (χ0v) is 20.9. The first-order valence-electron chi connectivity index (χ1n) is 12.1. The number of rotatable bonds is 8. The smallest absolute Gasteiger partial charge is 0.224 e. The number of nitrogens with two attached hydrogens (primary N) is 1. The molecule has 0 amide bonds. The summed E-state index contributed by atoms with van der Waals surface area (Å²) >= 11 is 0. The molecule has 0 fully saturated rings. The Balaban J connectivity index is 1.40. The Morgan fingerprint density at radius 3 is 2.58 bits per heavy atom. The van der Waals surface area contributed by atoms with Gasteiger partial charge in [0, 0.05) is 44.1 Å². The van der Waals surface area contributed by atoms with E-state index in [1.807, 2.05) is 32.6 Å². The Bertz CT molecular complexity index is 1480. The lowest BCUT2D eigenvalue weighted by Gasteiger charge is -2.21. The molecule has 2 heterocycles. The maximum absolute atomic E-state index is 5.79. The molecule has 7 heteroatoms. The summed E-state index contributed by atoms with van der Waals surface area (Å²) in [5, 5.41) is 3.45. The number of hydrogen-bond donors (Lipinski definition) is 2. The van der Waals surface area contributed by atoms with Crippen molar-refractivity contribution in [3.05, 3.63) is 96.4 Å². The van der Waals surface area contributed by atoms with Crippen LogP contribution < -0.4 is 16.0 Å². The summed E-state index contributed by atoms with van der Waals surface area (Å²) in [6.45, 7) is 2.68. The minimum absolute atomic E-state index is 0.160. The van der Waals surface area contributed by atoms with Gasteiger partial charge in [-0.2, -0.15) is 4.98 Å². The fourth-order valence-electron chi connectivity index (χ4n) is 4.56. The predicted molar refractivity (Wildman–Crippen MR) is 147 cm³/mol. The van der Waals surface area contributed by atoms with E-state index in [9.17, 15) is 0 Å². The lowest BCUT2D eigenvalue weighted by Crippen LogP contribution is -2.21. The van der Waals surface area contributed by atoms with Gasteiger partial charge in [0.25, 0.3) is 0 Å². The van der Waals surface area contributed by atoms with Gasteiger partial charge in [-0.1, -0.05) is 54.6 Å². The number of benzene rings is 3. The number of nitrogens with one attached hydrogen (secondary N) is 1. The van der Waals surface area contributed by atoms with E-state index >= 15 is 0 Å². The molecule has 0 aliphatic rings. The fourth-order valence-corrected chi connectivity index (χ4v) is 4.56. The molecule has 1 unspecified atom stereocenters. The molecule has 5 rings (SSSR count). The van der Waals surface area contributed by atoms with Crippen molar-refractivity contribution in [1.29, 1.82) is 0 Å². The Morgan fingerprint density at radius 2 is 1.78 bits per heavy atom. The number of aromatic nitrogens is 4. The molecule has 1 atom stereocenters. The molecule has 7 nitrogen and oxygen atoms in total. The van der Waals surface area contributed by atoms with Gasteiger partial charge in [0.05, 0.1) is 17.4 Å². The van der Waals surface area contributed by atoms with Gasteiger partial charge in [0.1, 0.15) is 5.82 Å². The summed E-state index contributed by atoms with van der Waals surface area (Å²) in [6, 6.07) is 25.2. The van der Waals surface area contributed by atoms with Gasteiger partial charge in [-0.15, -0.1) is 0 Å². The van der Waals surface area contributed by atoms with Crippen molar-refractivity contribution >= 4 is 28.5 Å². The van der Waals surface area contributed by atoms with Crippen LogP contribution in [-0.2, 0) is 20.0 Å². The maximum atomic E-state index is 5.79. The SMILES string of the molecule is CC(Cc1cccc(CN)c1)Nc1nccc(N(C)c2cc(-c3ccccc3)c3c(c2)ncn3C)n1. The van der Waals surface area contributed by atoms with Crippen LogP contribution in [0.4, 0.5) is 17.5 Å². The average Bonchev–Trinajstić information content (AvgIpc) is 3.29. The van der Waals surface area contributed by atoms with Gasteiger partial charge in [0.15, 0.2) is 0 Å². The summed E-state index contributed by atoms with van der Waals surface area (Å²) in [5.74, 6) is 1.41. The van der Waals surface area contributed by atoms with E-state index in [0.717, 1.165) is 45.6 Å². The van der Waals surface area contributed by atoms with E-state index in [0.29, 0.717) is 12.5 Å². The second kappa shape index (κ2) is 10.2. The summed E-state index contributed by atoms with van der Waals surface area (Å²) in [4.78, 5) is 16.0. The quantitative estimate of drug-likeness (QED) is 0.315. The highest BCUT2D eigenvalue weighted by molar-refractivity contribution is 5.96. The van der Waals surface area contributed by atoms with Crippen molar-refractivity contribution < 1.29 is 0 Å². The number of fused-ring (bicyclic) bond motifs is 1. The van der Waals surface area contributed by atoms with E-state index in [1.54, 1.807) is 6.20 Å². The van der Waals surface area contributed by atoms with Crippen LogP contribution in [-0.4, -0.2) is 32.6 Å². The Hall–Kier alpha value is -4.23. The molecule has 0 aliphatic heterocycles. The number of nitrogens with zero attached hydrogens (tertiary/aromatic N) is 5. The number of hydrogen-bond acceptors (Lipinski definition) is 6. The number of imidazole rings is 1. The van der Waals surface area contributed by atoms with Gasteiger partial charge in [-0.25, -0.2) is 9.97 Å². The van der Waals surface area contributed by atoms with Crippen molar-refractivity contribution in [2.45, 2.75) is 25.9 Å². The number of anilines is 3. The first-order valence-corrected chi connectivity index (χ1v) is 12.1. The minimum Gasteiger partial charge on any atom is -0.351 e. The Morgan fingerprint density at radius 1 is 0.972 bits per heavy atom. The first kappa shape index (κ1) is 23.5. The third-order valence-electron chi connectivity index (χ3n) is 6.40. The lowest BCUT2D eigenvalue weighted by atomic mass is 10.0. The Labute approximate surface area is 211 Å². The second-order valence-corrected chi connectivity index (χ2v) is 9.15. The van der Waals surface area contributed by atoms with Gasteiger partial charge < -0.3 is 20.5 Å². The molecule has 3 aromatic carbocycles. The van der Waals surface area contributed by atoms with Crippen LogP contribution in [0.5, 0.6) is 0 Å².